The highest BCUT2D eigenvalue weighted by Crippen LogP contribution is 2.28. The van der Waals surface area contributed by atoms with Gasteiger partial charge in [-0.1, -0.05) is 11.6 Å². The van der Waals surface area contributed by atoms with Crippen molar-refractivity contribution in [3.63, 3.8) is 0 Å². The molecule has 2 rings (SSSR count). The Balaban J connectivity index is 2.11. The second-order valence-electron chi connectivity index (χ2n) is 5.58. The van der Waals surface area contributed by atoms with E-state index in [-0.39, 0.29) is 16.7 Å². The maximum atomic E-state index is 12.2. The van der Waals surface area contributed by atoms with Gasteiger partial charge in [-0.05, 0) is 26.0 Å². The summed E-state index contributed by atoms with van der Waals surface area (Å²) in [7, 11) is -0.976. The summed E-state index contributed by atoms with van der Waals surface area (Å²) in [5, 5.41) is 13.5. The third-order valence-corrected chi connectivity index (χ3v) is 5.65. The number of hydrogen-bond donors (Lipinski definition) is 1. The van der Waals surface area contributed by atoms with Crippen LogP contribution in [0.15, 0.2) is 18.2 Å². The quantitative estimate of drug-likeness (QED) is 0.658. The zero-order valence-corrected chi connectivity index (χ0v) is 13.7. The molecule has 120 valence electrons. The van der Waals surface area contributed by atoms with Crippen molar-refractivity contribution in [3.05, 3.63) is 33.3 Å². The number of halogens is 1. The number of hydrogen-bond acceptors (Lipinski definition) is 4. The van der Waals surface area contributed by atoms with Gasteiger partial charge in [-0.15, -0.1) is 0 Å². The summed E-state index contributed by atoms with van der Waals surface area (Å²) in [5.74, 6) is 0.418. The minimum atomic E-state index is -0.976. The summed E-state index contributed by atoms with van der Waals surface area (Å²) in [6, 6.07) is 3.71. The van der Waals surface area contributed by atoms with Crippen LogP contribution in [-0.2, 0) is 10.8 Å². The molecule has 9 heteroatoms. The van der Waals surface area contributed by atoms with Gasteiger partial charge >= 0.3 is 6.03 Å². The van der Waals surface area contributed by atoms with E-state index in [4.69, 9.17) is 11.6 Å². The number of nitro groups is 1. The third-order valence-electron chi connectivity index (χ3n) is 3.42. The van der Waals surface area contributed by atoms with Crippen molar-refractivity contribution < 1.29 is 13.9 Å². The number of amides is 2. The van der Waals surface area contributed by atoms with E-state index in [1.165, 1.54) is 18.2 Å². The van der Waals surface area contributed by atoms with Crippen molar-refractivity contribution in [1.82, 2.24) is 4.90 Å². The van der Waals surface area contributed by atoms with E-state index in [1.54, 1.807) is 4.90 Å². The second kappa shape index (κ2) is 6.21. The number of carbonyl (C=O) groups excluding carboxylic acids is 1. The van der Waals surface area contributed by atoms with Crippen molar-refractivity contribution in [2.24, 2.45) is 0 Å². The van der Waals surface area contributed by atoms with Crippen LogP contribution in [0.3, 0.4) is 0 Å². The minimum absolute atomic E-state index is 0.0116. The highest BCUT2D eigenvalue weighted by Gasteiger charge is 2.35. The van der Waals surface area contributed by atoms with Gasteiger partial charge < -0.3 is 10.2 Å². The lowest BCUT2D eigenvalue weighted by Crippen LogP contribution is -2.53. The summed E-state index contributed by atoms with van der Waals surface area (Å²) in [4.78, 5) is 24.0. The molecule has 1 heterocycles. The fraction of sp³-hybridized carbons (Fsp3) is 0.462. The molecule has 2 amide bonds. The number of benzene rings is 1. The lowest BCUT2D eigenvalue weighted by molar-refractivity contribution is -0.384. The Labute approximate surface area is 135 Å². The largest absolute Gasteiger partial charge is 0.322 e. The van der Waals surface area contributed by atoms with Crippen LogP contribution in [-0.4, -0.2) is 43.7 Å². The van der Waals surface area contributed by atoms with Gasteiger partial charge in [0.1, 0.15) is 5.02 Å². The van der Waals surface area contributed by atoms with Crippen LogP contribution in [0.5, 0.6) is 0 Å². The predicted molar refractivity (Wildman–Crippen MR) is 85.8 cm³/mol. The molecular formula is C13H16ClN3O4S. The summed E-state index contributed by atoms with van der Waals surface area (Å²) in [5.41, 5.74) is 0.0325. The third kappa shape index (κ3) is 3.56. The average Bonchev–Trinajstić information content (AvgIpc) is 2.43. The summed E-state index contributed by atoms with van der Waals surface area (Å²) in [6.07, 6.45) is 0. The van der Waals surface area contributed by atoms with Crippen LogP contribution in [0.2, 0.25) is 5.02 Å². The Morgan fingerprint density at radius 1 is 1.50 bits per heavy atom. The van der Waals surface area contributed by atoms with E-state index in [0.717, 1.165) is 0 Å². The lowest BCUT2D eigenvalue weighted by atomic mass is 10.2. The maximum absolute atomic E-state index is 12.2. The van der Waals surface area contributed by atoms with E-state index in [1.807, 2.05) is 13.8 Å². The van der Waals surface area contributed by atoms with Crippen LogP contribution >= 0.6 is 11.6 Å². The molecule has 0 bridgehead atoms. The number of anilines is 1. The number of urea groups is 1. The van der Waals surface area contributed by atoms with Crippen LogP contribution in [0.1, 0.15) is 13.8 Å². The Kier molecular flexibility index (Phi) is 4.72. The van der Waals surface area contributed by atoms with Gasteiger partial charge in [-0.25, -0.2) is 4.79 Å². The molecule has 1 N–H and O–H groups in total. The first kappa shape index (κ1) is 16.7. The van der Waals surface area contributed by atoms with E-state index >= 15 is 0 Å². The summed E-state index contributed by atoms with van der Waals surface area (Å²) >= 11 is 5.73. The molecule has 0 radical (unpaired) electrons. The van der Waals surface area contributed by atoms with E-state index in [2.05, 4.69) is 5.32 Å². The topological polar surface area (TPSA) is 92.6 Å². The standard InChI is InChI=1S/C13H16ClN3O4S/c1-13(2)8-16(5-6-22(13)21)12(18)15-9-3-4-10(14)11(7-9)17(19)20/h3-4,7H,5-6,8H2,1-2H3,(H,15,18)/t22-/m0/s1. The Morgan fingerprint density at radius 3 is 2.77 bits per heavy atom. The maximum Gasteiger partial charge on any atom is 0.321 e. The molecule has 1 fully saturated rings. The Morgan fingerprint density at radius 2 is 2.18 bits per heavy atom. The average molecular weight is 346 g/mol. The first-order chi connectivity index (χ1) is 10.2. The molecule has 22 heavy (non-hydrogen) atoms. The van der Waals surface area contributed by atoms with E-state index < -0.39 is 20.5 Å². The molecular weight excluding hydrogens is 330 g/mol. The normalized spacial score (nSPS) is 20.5. The SMILES string of the molecule is CC1(C)CN(C(=O)Nc2ccc(Cl)c([N+](=O)[O-])c2)CC[S@@]1=O. The van der Waals surface area contributed by atoms with E-state index in [9.17, 15) is 19.1 Å². The zero-order valence-electron chi connectivity index (χ0n) is 12.2. The van der Waals surface area contributed by atoms with Crippen LogP contribution in [0.25, 0.3) is 0 Å². The highest BCUT2D eigenvalue weighted by molar-refractivity contribution is 7.86. The molecule has 1 aromatic carbocycles. The molecule has 1 aliphatic rings. The van der Waals surface area contributed by atoms with Crippen molar-refractivity contribution in [1.29, 1.82) is 0 Å². The predicted octanol–water partition coefficient (Wildman–Crippen LogP) is 2.62. The summed E-state index contributed by atoms with van der Waals surface area (Å²) < 4.78 is 11.4. The number of nitrogens with zero attached hydrogens (tertiary/aromatic N) is 2. The van der Waals surface area contributed by atoms with Crippen molar-refractivity contribution in [2.45, 2.75) is 18.6 Å². The van der Waals surface area contributed by atoms with Gasteiger partial charge in [0.15, 0.2) is 0 Å². The molecule has 1 aromatic rings. The minimum Gasteiger partial charge on any atom is -0.322 e. The van der Waals surface area contributed by atoms with Crippen LogP contribution < -0.4 is 5.32 Å². The van der Waals surface area contributed by atoms with Crippen molar-refractivity contribution in [2.75, 3.05) is 24.2 Å². The van der Waals surface area contributed by atoms with Crippen LogP contribution in [0.4, 0.5) is 16.2 Å². The molecule has 1 atom stereocenters. The fourth-order valence-corrected chi connectivity index (χ4v) is 3.61. The Hall–Kier alpha value is -1.67. The molecule has 1 saturated heterocycles. The molecule has 0 aromatic heterocycles. The molecule has 1 aliphatic heterocycles. The van der Waals surface area contributed by atoms with Crippen LogP contribution in [0, 0.1) is 10.1 Å². The van der Waals surface area contributed by atoms with Gasteiger partial charge in [0, 0.05) is 41.4 Å². The smallest absolute Gasteiger partial charge is 0.321 e. The first-order valence-electron chi connectivity index (χ1n) is 6.59. The van der Waals surface area contributed by atoms with E-state index in [0.29, 0.717) is 24.5 Å². The zero-order chi connectivity index (χ0) is 16.5. The Bertz CT molecular complexity index is 650. The molecule has 7 nitrogen and oxygen atoms in total. The number of rotatable bonds is 2. The monoisotopic (exact) mass is 345 g/mol. The molecule has 0 unspecified atom stereocenters. The number of nitro benzene ring substituents is 1. The lowest BCUT2D eigenvalue weighted by Gasteiger charge is -2.37. The van der Waals surface area contributed by atoms with Gasteiger partial charge in [0.05, 0.1) is 9.67 Å². The van der Waals surface area contributed by atoms with Gasteiger partial charge in [0.25, 0.3) is 5.69 Å². The summed E-state index contributed by atoms with van der Waals surface area (Å²) in [6.45, 7) is 4.43. The van der Waals surface area contributed by atoms with Gasteiger partial charge in [0.2, 0.25) is 0 Å². The highest BCUT2D eigenvalue weighted by atomic mass is 35.5. The van der Waals surface area contributed by atoms with Crippen molar-refractivity contribution >= 4 is 39.8 Å². The van der Waals surface area contributed by atoms with Gasteiger partial charge in [-0.3, -0.25) is 14.3 Å². The molecule has 0 saturated carbocycles. The number of carbonyl (C=O) groups is 1. The second-order valence-corrected chi connectivity index (χ2v) is 8.20. The van der Waals surface area contributed by atoms with Gasteiger partial charge in [-0.2, -0.15) is 0 Å². The molecule has 0 spiro atoms. The van der Waals surface area contributed by atoms with Crippen molar-refractivity contribution in [3.8, 4) is 0 Å². The first-order valence-corrected chi connectivity index (χ1v) is 8.29. The number of nitrogens with one attached hydrogen (secondary N) is 1. The molecule has 0 aliphatic carbocycles. The fourth-order valence-electron chi connectivity index (χ4n) is 2.19.